The highest BCUT2D eigenvalue weighted by Gasteiger charge is 2.27. The van der Waals surface area contributed by atoms with E-state index in [1.165, 1.54) is 16.1 Å². The van der Waals surface area contributed by atoms with Crippen LogP contribution in [0.1, 0.15) is 12.8 Å². The van der Waals surface area contributed by atoms with Crippen LogP contribution in [0.2, 0.25) is 0 Å². The molecule has 1 aliphatic rings. The molecule has 0 unspecified atom stereocenters. The molecule has 0 aliphatic carbocycles. The Morgan fingerprint density at radius 3 is 2.78 bits per heavy atom. The molecule has 1 aliphatic heterocycles. The second-order valence-corrected chi connectivity index (χ2v) is 10.9. The van der Waals surface area contributed by atoms with Gasteiger partial charge >= 0.3 is 0 Å². The first-order valence-corrected chi connectivity index (χ1v) is 13.4. The second kappa shape index (κ2) is 8.94. The van der Waals surface area contributed by atoms with Gasteiger partial charge in [-0.15, -0.1) is 11.3 Å². The number of imidazole rings is 1. The van der Waals surface area contributed by atoms with E-state index in [1.807, 2.05) is 30.5 Å². The smallest absolute Gasteiger partial charge is 0.243 e. The van der Waals surface area contributed by atoms with E-state index in [0.717, 1.165) is 15.6 Å². The lowest BCUT2D eigenvalue weighted by Crippen LogP contribution is -2.40. The van der Waals surface area contributed by atoms with E-state index >= 15 is 0 Å². The fourth-order valence-corrected chi connectivity index (χ4v) is 6.54. The second-order valence-electron chi connectivity index (χ2n) is 7.08. The van der Waals surface area contributed by atoms with Gasteiger partial charge in [-0.25, -0.2) is 13.4 Å². The van der Waals surface area contributed by atoms with E-state index in [0.29, 0.717) is 55.8 Å². The van der Waals surface area contributed by atoms with Crippen LogP contribution in [-0.2, 0) is 27.1 Å². The summed E-state index contributed by atoms with van der Waals surface area (Å²) in [5.74, 6) is 1.57. The van der Waals surface area contributed by atoms with Crippen molar-refractivity contribution in [1.29, 1.82) is 0 Å². The first kappa shape index (κ1) is 21.6. The van der Waals surface area contributed by atoms with Crippen molar-refractivity contribution in [1.82, 2.24) is 24.0 Å². The number of aryl methyl sites for hydroxylation is 1. The van der Waals surface area contributed by atoms with Crippen LogP contribution >= 0.6 is 23.1 Å². The Morgan fingerprint density at radius 1 is 1.19 bits per heavy atom. The van der Waals surface area contributed by atoms with Crippen LogP contribution < -0.4 is 0 Å². The zero-order valence-electron chi connectivity index (χ0n) is 17.3. The summed E-state index contributed by atoms with van der Waals surface area (Å²) in [7, 11) is -3.57. The van der Waals surface area contributed by atoms with E-state index in [4.69, 9.17) is 14.2 Å². The Labute approximate surface area is 193 Å². The normalized spacial score (nSPS) is 15.5. The minimum Gasteiger partial charge on any atom is -0.379 e. The number of nitrogens with zero attached hydrogens (tertiary/aromatic N) is 5. The SMILES string of the molecule is CCn1c(SCc2nc(-c3cccs3)no2)nc2cc(S(=O)(=O)N3CCOCC3)ccc21. The number of rotatable bonds is 7. The molecular formula is C20H21N5O4S3. The lowest BCUT2D eigenvalue weighted by atomic mass is 10.3. The van der Waals surface area contributed by atoms with Gasteiger partial charge in [0.05, 0.1) is 39.8 Å². The number of sulfonamides is 1. The average Bonchev–Trinajstić information content (AvgIpc) is 3.57. The zero-order chi connectivity index (χ0) is 22.1. The molecule has 0 amide bonds. The molecule has 0 bridgehead atoms. The largest absolute Gasteiger partial charge is 0.379 e. The summed E-state index contributed by atoms with van der Waals surface area (Å²) in [5.41, 5.74) is 1.54. The van der Waals surface area contributed by atoms with Crippen molar-refractivity contribution >= 4 is 44.2 Å². The Kier molecular flexibility index (Phi) is 6.03. The molecule has 0 spiro atoms. The van der Waals surface area contributed by atoms with Gasteiger partial charge in [-0.3, -0.25) is 0 Å². The molecule has 3 aromatic heterocycles. The summed E-state index contributed by atoms with van der Waals surface area (Å²) < 4.78 is 40.2. The summed E-state index contributed by atoms with van der Waals surface area (Å²) in [4.78, 5) is 10.4. The topological polar surface area (TPSA) is 103 Å². The number of hydrogen-bond acceptors (Lipinski definition) is 9. The molecule has 32 heavy (non-hydrogen) atoms. The third kappa shape index (κ3) is 4.08. The third-order valence-corrected chi connectivity index (χ3v) is 8.86. The maximum atomic E-state index is 13.0. The van der Waals surface area contributed by atoms with Crippen LogP contribution in [0.25, 0.3) is 21.7 Å². The van der Waals surface area contributed by atoms with Crippen molar-refractivity contribution in [3.05, 3.63) is 41.6 Å². The van der Waals surface area contributed by atoms with E-state index in [9.17, 15) is 8.42 Å². The Morgan fingerprint density at radius 2 is 2.03 bits per heavy atom. The molecular weight excluding hydrogens is 470 g/mol. The van der Waals surface area contributed by atoms with Crippen molar-refractivity contribution in [3.63, 3.8) is 0 Å². The number of morpholine rings is 1. The highest BCUT2D eigenvalue weighted by atomic mass is 32.2. The number of aromatic nitrogens is 4. The molecule has 4 heterocycles. The van der Waals surface area contributed by atoms with Crippen molar-refractivity contribution in [2.75, 3.05) is 26.3 Å². The van der Waals surface area contributed by atoms with Crippen LogP contribution in [0, 0.1) is 0 Å². The number of thiophene rings is 1. The molecule has 1 aromatic carbocycles. The first-order chi connectivity index (χ1) is 15.6. The van der Waals surface area contributed by atoms with Gasteiger partial charge in [-0.05, 0) is 36.6 Å². The summed E-state index contributed by atoms with van der Waals surface area (Å²) in [5, 5.41) is 6.79. The standard InChI is InChI=1S/C20H21N5O4S3/c1-2-25-16-6-5-14(32(26,27)24-7-9-28-10-8-24)12-15(16)21-20(25)31-13-18-22-19(23-29-18)17-4-3-11-30-17/h3-6,11-12H,2,7-10,13H2,1H3. The molecule has 1 saturated heterocycles. The molecule has 0 N–H and O–H groups in total. The minimum absolute atomic E-state index is 0.252. The summed E-state index contributed by atoms with van der Waals surface area (Å²) >= 11 is 3.04. The molecule has 12 heteroatoms. The number of ether oxygens (including phenoxy) is 1. The highest BCUT2D eigenvalue weighted by Crippen LogP contribution is 2.30. The molecule has 9 nitrogen and oxygen atoms in total. The maximum absolute atomic E-state index is 13.0. The maximum Gasteiger partial charge on any atom is 0.243 e. The van der Waals surface area contributed by atoms with Gasteiger partial charge in [0.15, 0.2) is 5.16 Å². The predicted octanol–water partition coefficient (Wildman–Crippen LogP) is 3.48. The van der Waals surface area contributed by atoms with Gasteiger partial charge in [0.1, 0.15) is 0 Å². The quantitative estimate of drug-likeness (QED) is 0.362. The van der Waals surface area contributed by atoms with Crippen LogP contribution in [0.3, 0.4) is 0 Å². The Hall–Kier alpha value is -2.25. The van der Waals surface area contributed by atoms with E-state index < -0.39 is 10.0 Å². The fraction of sp³-hybridized carbons (Fsp3) is 0.350. The minimum atomic E-state index is -3.57. The fourth-order valence-electron chi connectivity index (χ4n) is 3.55. The molecule has 168 valence electrons. The number of hydrogen-bond donors (Lipinski definition) is 0. The van der Waals surface area contributed by atoms with Crippen molar-refractivity contribution in [2.45, 2.75) is 29.3 Å². The molecule has 0 radical (unpaired) electrons. The Balaban J connectivity index is 1.39. The lowest BCUT2D eigenvalue weighted by Gasteiger charge is -2.26. The van der Waals surface area contributed by atoms with Crippen LogP contribution in [-0.4, -0.2) is 58.7 Å². The van der Waals surface area contributed by atoms with E-state index in [1.54, 1.807) is 23.5 Å². The van der Waals surface area contributed by atoms with Gasteiger partial charge in [0.25, 0.3) is 0 Å². The molecule has 0 atom stereocenters. The Bertz CT molecular complexity index is 1320. The summed E-state index contributed by atoms with van der Waals surface area (Å²) in [6.45, 7) is 4.29. The van der Waals surface area contributed by atoms with E-state index in [-0.39, 0.29) is 4.90 Å². The number of fused-ring (bicyclic) bond motifs is 1. The van der Waals surface area contributed by atoms with Gasteiger partial charge in [-0.2, -0.15) is 9.29 Å². The first-order valence-electron chi connectivity index (χ1n) is 10.1. The highest BCUT2D eigenvalue weighted by molar-refractivity contribution is 7.98. The van der Waals surface area contributed by atoms with Crippen molar-refractivity contribution in [2.24, 2.45) is 0 Å². The molecule has 4 aromatic rings. The molecule has 0 saturated carbocycles. The van der Waals surface area contributed by atoms with E-state index in [2.05, 4.69) is 14.7 Å². The van der Waals surface area contributed by atoms with Gasteiger partial charge in [-0.1, -0.05) is 23.0 Å². The molecule has 5 rings (SSSR count). The third-order valence-electron chi connectivity index (χ3n) is 5.14. The van der Waals surface area contributed by atoms with Crippen LogP contribution in [0.15, 0.2) is 50.3 Å². The zero-order valence-corrected chi connectivity index (χ0v) is 19.8. The van der Waals surface area contributed by atoms with Crippen molar-refractivity contribution in [3.8, 4) is 10.7 Å². The number of thioether (sulfide) groups is 1. The summed E-state index contributed by atoms with van der Waals surface area (Å²) in [6, 6.07) is 9.02. The predicted molar refractivity (Wildman–Crippen MR) is 122 cm³/mol. The van der Waals surface area contributed by atoms with Gasteiger partial charge in [0, 0.05) is 19.6 Å². The summed E-state index contributed by atoms with van der Waals surface area (Å²) in [6.07, 6.45) is 0. The molecule has 1 fully saturated rings. The van der Waals surface area contributed by atoms with Crippen LogP contribution in [0.5, 0.6) is 0 Å². The van der Waals surface area contributed by atoms with Crippen molar-refractivity contribution < 1.29 is 17.7 Å². The van der Waals surface area contributed by atoms with Crippen LogP contribution in [0.4, 0.5) is 0 Å². The monoisotopic (exact) mass is 491 g/mol. The van der Waals surface area contributed by atoms with Gasteiger partial charge in [0.2, 0.25) is 21.7 Å². The lowest BCUT2D eigenvalue weighted by molar-refractivity contribution is 0.0730. The average molecular weight is 492 g/mol. The van der Waals surface area contributed by atoms with Gasteiger partial charge < -0.3 is 13.8 Å². The number of benzene rings is 1.